The maximum Gasteiger partial charge on any atom is 0.0113 e. The first-order valence-electron chi connectivity index (χ1n) is 8.03. The van der Waals surface area contributed by atoms with Gasteiger partial charge in [-0.15, -0.1) is 0 Å². The standard InChI is InChI=1S/C15H29N3/c16-14-6-5-13(11-14)12-17-7-9-18(10-8-17)15-3-1-2-4-15/h13-15H,1-12,16H2. The van der Waals surface area contributed by atoms with E-state index in [-0.39, 0.29) is 0 Å². The molecule has 104 valence electrons. The molecule has 0 radical (unpaired) electrons. The van der Waals surface area contributed by atoms with Gasteiger partial charge in [0.25, 0.3) is 0 Å². The second-order valence-corrected chi connectivity index (χ2v) is 6.71. The third-order valence-electron chi connectivity index (χ3n) is 5.35. The van der Waals surface area contributed by atoms with Crippen molar-refractivity contribution in [3.05, 3.63) is 0 Å². The Morgan fingerprint density at radius 3 is 2.22 bits per heavy atom. The number of nitrogens with zero attached hydrogens (tertiary/aromatic N) is 2. The Hall–Kier alpha value is -0.120. The Kier molecular flexibility index (Phi) is 4.22. The lowest BCUT2D eigenvalue weighted by molar-refractivity contribution is 0.0879. The summed E-state index contributed by atoms with van der Waals surface area (Å²) in [5.41, 5.74) is 6.01. The lowest BCUT2D eigenvalue weighted by Gasteiger charge is -2.39. The smallest absolute Gasteiger partial charge is 0.0113 e. The Morgan fingerprint density at radius 1 is 0.889 bits per heavy atom. The number of hydrogen-bond donors (Lipinski definition) is 1. The van der Waals surface area contributed by atoms with Crippen LogP contribution < -0.4 is 5.73 Å². The van der Waals surface area contributed by atoms with Crippen LogP contribution in [0.5, 0.6) is 0 Å². The SMILES string of the molecule is NC1CCC(CN2CCN(C3CCCC3)CC2)C1. The van der Waals surface area contributed by atoms with Crippen LogP contribution in [-0.4, -0.2) is 54.6 Å². The van der Waals surface area contributed by atoms with Gasteiger partial charge in [0.2, 0.25) is 0 Å². The number of nitrogens with two attached hydrogens (primary N) is 1. The fourth-order valence-electron chi connectivity index (χ4n) is 4.23. The van der Waals surface area contributed by atoms with Gasteiger partial charge in [-0.25, -0.2) is 0 Å². The van der Waals surface area contributed by atoms with Crippen LogP contribution in [0, 0.1) is 5.92 Å². The summed E-state index contributed by atoms with van der Waals surface area (Å²) in [5, 5.41) is 0. The Balaban J connectivity index is 1.39. The van der Waals surface area contributed by atoms with Crippen molar-refractivity contribution in [2.45, 2.75) is 57.0 Å². The van der Waals surface area contributed by atoms with Crippen LogP contribution in [0.15, 0.2) is 0 Å². The molecule has 2 N–H and O–H groups in total. The summed E-state index contributed by atoms with van der Waals surface area (Å²) < 4.78 is 0. The van der Waals surface area contributed by atoms with Gasteiger partial charge in [-0.2, -0.15) is 0 Å². The largest absolute Gasteiger partial charge is 0.328 e. The molecular formula is C15H29N3. The van der Waals surface area contributed by atoms with Gasteiger partial charge in [0.15, 0.2) is 0 Å². The van der Waals surface area contributed by atoms with E-state index < -0.39 is 0 Å². The van der Waals surface area contributed by atoms with Crippen LogP contribution in [0.1, 0.15) is 44.9 Å². The maximum atomic E-state index is 6.01. The Labute approximate surface area is 112 Å². The van der Waals surface area contributed by atoms with E-state index in [2.05, 4.69) is 9.80 Å². The van der Waals surface area contributed by atoms with Crippen molar-refractivity contribution in [3.8, 4) is 0 Å². The van der Waals surface area contributed by atoms with E-state index in [4.69, 9.17) is 5.73 Å². The zero-order valence-electron chi connectivity index (χ0n) is 11.7. The first-order valence-corrected chi connectivity index (χ1v) is 8.03. The van der Waals surface area contributed by atoms with Gasteiger partial charge in [0, 0.05) is 44.8 Å². The summed E-state index contributed by atoms with van der Waals surface area (Å²) in [6.07, 6.45) is 9.73. The van der Waals surface area contributed by atoms with Gasteiger partial charge in [-0.3, -0.25) is 4.90 Å². The van der Waals surface area contributed by atoms with E-state index in [0.29, 0.717) is 6.04 Å². The summed E-state index contributed by atoms with van der Waals surface area (Å²) in [6.45, 7) is 6.52. The predicted octanol–water partition coefficient (Wildman–Crippen LogP) is 1.67. The molecule has 18 heavy (non-hydrogen) atoms. The predicted molar refractivity (Wildman–Crippen MR) is 75.6 cm³/mol. The van der Waals surface area contributed by atoms with E-state index >= 15 is 0 Å². The van der Waals surface area contributed by atoms with E-state index in [0.717, 1.165) is 12.0 Å². The average molecular weight is 251 g/mol. The van der Waals surface area contributed by atoms with Crippen LogP contribution in [0.2, 0.25) is 0 Å². The minimum Gasteiger partial charge on any atom is -0.328 e. The fourth-order valence-corrected chi connectivity index (χ4v) is 4.23. The zero-order valence-corrected chi connectivity index (χ0v) is 11.7. The van der Waals surface area contributed by atoms with Crippen molar-refractivity contribution < 1.29 is 0 Å². The van der Waals surface area contributed by atoms with Gasteiger partial charge < -0.3 is 10.6 Å². The van der Waals surface area contributed by atoms with E-state index in [1.54, 1.807) is 0 Å². The first-order chi connectivity index (χ1) is 8.81. The Morgan fingerprint density at radius 2 is 1.61 bits per heavy atom. The molecule has 2 unspecified atom stereocenters. The molecule has 2 atom stereocenters. The number of hydrogen-bond acceptors (Lipinski definition) is 3. The molecule has 1 saturated heterocycles. The van der Waals surface area contributed by atoms with Gasteiger partial charge in [0.1, 0.15) is 0 Å². The van der Waals surface area contributed by atoms with Crippen molar-refractivity contribution in [3.63, 3.8) is 0 Å². The highest BCUT2D eigenvalue weighted by molar-refractivity contribution is 4.85. The minimum atomic E-state index is 0.495. The van der Waals surface area contributed by atoms with Crippen LogP contribution in [0.4, 0.5) is 0 Å². The molecule has 0 spiro atoms. The molecule has 0 aromatic rings. The molecule has 3 fully saturated rings. The molecule has 2 aliphatic carbocycles. The molecule has 1 heterocycles. The van der Waals surface area contributed by atoms with Crippen molar-refractivity contribution in [2.75, 3.05) is 32.7 Å². The third kappa shape index (κ3) is 3.06. The maximum absolute atomic E-state index is 6.01. The number of piperazine rings is 1. The highest BCUT2D eigenvalue weighted by Crippen LogP contribution is 2.27. The molecular weight excluding hydrogens is 222 g/mol. The minimum absolute atomic E-state index is 0.495. The molecule has 0 amide bonds. The molecule has 0 bridgehead atoms. The molecule has 1 aliphatic heterocycles. The lowest BCUT2D eigenvalue weighted by Crippen LogP contribution is -2.50. The van der Waals surface area contributed by atoms with Crippen molar-refractivity contribution in [1.82, 2.24) is 9.80 Å². The average Bonchev–Trinajstić information content (AvgIpc) is 3.02. The lowest BCUT2D eigenvalue weighted by atomic mass is 10.1. The van der Waals surface area contributed by atoms with Gasteiger partial charge >= 0.3 is 0 Å². The molecule has 3 heteroatoms. The Bertz CT molecular complexity index is 254. The summed E-state index contributed by atoms with van der Waals surface area (Å²) in [4.78, 5) is 5.44. The van der Waals surface area contributed by atoms with Crippen LogP contribution >= 0.6 is 0 Å². The van der Waals surface area contributed by atoms with Gasteiger partial charge in [-0.05, 0) is 38.0 Å². The summed E-state index contributed by atoms with van der Waals surface area (Å²) in [6, 6.07) is 1.42. The molecule has 0 aromatic heterocycles. The normalized spacial score (nSPS) is 36.5. The van der Waals surface area contributed by atoms with Crippen molar-refractivity contribution in [1.29, 1.82) is 0 Å². The molecule has 0 aromatic carbocycles. The quantitative estimate of drug-likeness (QED) is 0.828. The number of rotatable bonds is 3. The van der Waals surface area contributed by atoms with Crippen LogP contribution in [0.3, 0.4) is 0 Å². The van der Waals surface area contributed by atoms with Crippen LogP contribution in [-0.2, 0) is 0 Å². The zero-order chi connectivity index (χ0) is 12.4. The molecule has 3 nitrogen and oxygen atoms in total. The first kappa shape index (κ1) is 12.9. The second kappa shape index (κ2) is 5.89. The van der Waals surface area contributed by atoms with Gasteiger partial charge in [0.05, 0.1) is 0 Å². The molecule has 3 rings (SSSR count). The van der Waals surface area contributed by atoms with Gasteiger partial charge in [-0.1, -0.05) is 12.8 Å². The molecule has 3 aliphatic rings. The summed E-state index contributed by atoms with van der Waals surface area (Å²) >= 11 is 0. The third-order valence-corrected chi connectivity index (χ3v) is 5.35. The highest BCUT2D eigenvalue weighted by Gasteiger charge is 2.28. The second-order valence-electron chi connectivity index (χ2n) is 6.71. The fraction of sp³-hybridized carbons (Fsp3) is 1.00. The van der Waals surface area contributed by atoms with E-state index in [1.807, 2.05) is 0 Å². The monoisotopic (exact) mass is 251 g/mol. The van der Waals surface area contributed by atoms with E-state index in [9.17, 15) is 0 Å². The van der Waals surface area contributed by atoms with E-state index in [1.165, 1.54) is 77.7 Å². The highest BCUT2D eigenvalue weighted by atomic mass is 15.3. The summed E-state index contributed by atoms with van der Waals surface area (Å²) in [7, 11) is 0. The van der Waals surface area contributed by atoms with Crippen molar-refractivity contribution in [2.24, 2.45) is 11.7 Å². The van der Waals surface area contributed by atoms with Crippen molar-refractivity contribution >= 4 is 0 Å². The molecule has 2 saturated carbocycles. The van der Waals surface area contributed by atoms with Crippen LogP contribution in [0.25, 0.3) is 0 Å². The summed E-state index contributed by atoms with van der Waals surface area (Å²) in [5.74, 6) is 0.887. The topological polar surface area (TPSA) is 32.5 Å².